The highest BCUT2D eigenvalue weighted by Gasteiger charge is 2.07. The van der Waals surface area contributed by atoms with E-state index in [0.717, 1.165) is 0 Å². The lowest BCUT2D eigenvalue weighted by Gasteiger charge is -1.99. The van der Waals surface area contributed by atoms with Gasteiger partial charge in [0.25, 0.3) is 0 Å². The van der Waals surface area contributed by atoms with Crippen LogP contribution < -0.4 is 5.63 Å². The first kappa shape index (κ1) is 14.2. The predicted octanol–water partition coefficient (Wildman–Crippen LogP) is 0.276. The lowest BCUT2D eigenvalue weighted by Crippen LogP contribution is -1.94. The molecule has 98 valence electrons. The molecule has 5 N–H and O–H groups in total. The summed E-state index contributed by atoms with van der Waals surface area (Å²) >= 11 is 0. The van der Waals surface area contributed by atoms with Gasteiger partial charge in [0, 0.05) is 11.5 Å². The van der Waals surface area contributed by atoms with E-state index in [1.807, 2.05) is 0 Å². The van der Waals surface area contributed by atoms with Crippen molar-refractivity contribution < 1.29 is 33.9 Å². The molecule has 9 heteroatoms. The standard InChI is InChI=1S/C9H6O4.H3O4P/c10-6-3-1-5-2-4-7(11)13-9(5)8(6)12;1-5(2,3)4/h1-4,10,12H;(H3,1,2,3,4). The topological polar surface area (TPSA) is 148 Å². The second kappa shape index (κ2) is 5.19. The maximum Gasteiger partial charge on any atom is 0.466 e. The third-order valence-corrected chi connectivity index (χ3v) is 1.74. The van der Waals surface area contributed by atoms with E-state index in [9.17, 15) is 9.90 Å². The molecule has 0 atom stereocenters. The summed E-state index contributed by atoms with van der Waals surface area (Å²) in [4.78, 5) is 32.4. The van der Waals surface area contributed by atoms with Crippen molar-refractivity contribution in [2.24, 2.45) is 0 Å². The SMILES string of the molecule is O=P(O)(O)O.O=c1ccc2ccc(O)c(O)c2o1. The third-order valence-electron chi connectivity index (χ3n) is 1.74. The van der Waals surface area contributed by atoms with Crippen LogP contribution in [0.2, 0.25) is 0 Å². The van der Waals surface area contributed by atoms with Crippen LogP contribution in [0.15, 0.2) is 33.5 Å². The lowest BCUT2D eigenvalue weighted by molar-refractivity contribution is 0.275. The first-order valence-corrected chi connectivity index (χ1v) is 5.98. The van der Waals surface area contributed by atoms with Crippen molar-refractivity contribution in [3.63, 3.8) is 0 Å². The van der Waals surface area contributed by atoms with E-state index in [0.29, 0.717) is 5.39 Å². The molecule has 0 aliphatic rings. The van der Waals surface area contributed by atoms with Gasteiger partial charge in [-0.25, -0.2) is 9.36 Å². The van der Waals surface area contributed by atoms with Crippen LogP contribution in [0.3, 0.4) is 0 Å². The van der Waals surface area contributed by atoms with Crippen LogP contribution in [-0.4, -0.2) is 24.9 Å². The normalized spacial score (nSPS) is 10.8. The summed E-state index contributed by atoms with van der Waals surface area (Å²) in [5.74, 6) is -0.711. The Morgan fingerprint density at radius 3 is 2.06 bits per heavy atom. The Morgan fingerprint density at radius 2 is 1.50 bits per heavy atom. The van der Waals surface area contributed by atoms with Gasteiger partial charge in [-0.1, -0.05) is 0 Å². The summed E-state index contributed by atoms with van der Waals surface area (Å²) in [6, 6.07) is 5.64. The van der Waals surface area contributed by atoms with Crippen molar-refractivity contribution in [3.8, 4) is 11.5 Å². The van der Waals surface area contributed by atoms with Gasteiger partial charge < -0.3 is 29.3 Å². The second-order valence-corrected chi connectivity index (χ2v) is 4.15. The van der Waals surface area contributed by atoms with Crippen LogP contribution in [-0.2, 0) is 4.57 Å². The maximum atomic E-state index is 10.8. The Kier molecular flexibility index (Phi) is 4.10. The largest absolute Gasteiger partial charge is 0.504 e. The summed E-state index contributed by atoms with van der Waals surface area (Å²) in [5.41, 5.74) is -0.555. The van der Waals surface area contributed by atoms with E-state index in [4.69, 9.17) is 28.8 Å². The van der Waals surface area contributed by atoms with E-state index in [1.54, 1.807) is 6.07 Å². The maximum absolute atomic E-state index is 10.8. The predicted molar refractivity (Wildman–Crippen MR) is 60.1 cm³/mol. The molecule has 0 radical (unpaired) electrons. The van der Waals surface area contributed by atoms with Gasteiger partial charge in [-0.05, 0) is 18.2 Å². The molecule has 1 aromatic heterocycles. The summed E-state index contributed by atoms with van der Waals surface area (Å²) < 4.78 is 13.6. The third kappa shape index (κ3) is 4.19. The summed E-state index contributed by atoms with van der Waals surface area (Å²) in [7, 11) is -4.64. The van der Waals surface area contributed by atoms with Crippen LogP contribution in [0, 0.1) is 0 Å². The Bertz CT molecular complexity index is 647. The molecule has 0 amide bonds. The van der Waals surface area contributed by atoms with Crippen molar-refractivity contribution in [1.29, 1.82) is 0 Å². The van der Waals surface area contributed by atoms with Crippen molar-refractivity contribution in [1.82, 2.24) is 0 Å². The number of fused-ring (bicyclic) bond motifs is 1. The van der Waals surface area contributed by atoms with Crippen LogP contribution in [0.1, 0.15) is 0 Å². The number of phenols is 2. The van der Waals surface area contributed by atoms with Crippen molar-refractivity contribution in [3.05, 3.63) is 34.7 Å². The summed E-state index contributed by atoms with van der Waals surface area (Å²) in [6.07, 6.45) is 0. The molecule has 0 saturated carbocycles. The molecule has 2 rings (SSSR count). The molecule has 0 aliphatic carbocycles. The van der Waals surface area contributed by atoms with Gasteiger partial charge >= 0.3 is 13.4 Å². The number of rotatable bonds is 0. The Labute approximate surface area is 99.6 Å². The number of hydrogen-bond donors (Lipinski definition) is 5. The van der Waals surface area contributed by atoms with E-state index >= 15 is 0 Å². The molecule has 0 bridgehead atoms. The van der Waals surface area contributed by atoms with Crippen LogP contribution in [0.4, 0.5) is 0 Å². The zero-order chi connectivity index (χ0) is 13.9. The van der Waals surface area contributed by atoms with E-state index in [1.165, 1.54) is 18.2 Å². The molecule has 0 fully saturated rings. The van der Waals surface area contributed by atoms with E-state index in [2.05, 4.69) is 0 Å². The molecule has 0 aliphatic heterocycles. The van der Waals surface area contributed by atoms with Crippen molar-refractivity contribution in [2.75, 3.05) is 0 Å². The average Bonchev–Trinajstić information content (AvgIpc) is 2.22. The fourth-order valence-electron chi connectivity index (χ4n) is 1.11. The molecular formula is C9H9O8P. The van der Waals surface area contributed by atoms with E-state index in [-0.39, 0.29) is 11.3 Å². The monoisotopic (exact) mass is 276 g/mol. The second-order valence-electron chi connectivity index (χ2n) is 3.12. The molecule has 0 unspecified atom stereocenters. The number of phenolic OH excluding ortho intramolecular Hbond substituents is 2. The first-order valence-electron chi connectivity index (χ1n) is 4.41. The lowest BCUT2D eigenvalue weighted by atomic mass is 10.2. The fraction of sp³-hybridized carbons (Fsp3) is 0. The minimum atomic E-state index is -4.64. The van der Waals surface area contributed by atoms with Crippen LogP contribution >= 0.6 is 7.82 Å². The Morgan fingerprint density at radius 1 is 1.00 bits per heavy atom. The molecule has 0 saturated heterocycles. The minimum absolute atomic E-state index is 0.00694. The molecular weight excluding hydrogens is 267 g/mol. The fourth-order valence-corrected chi connectivity index (χ4v) is 1.11. The molecule has 18 heavy (non-hydrogen) atoms. The average molecular weight is 276 g/mol. The molecule has 8 nitrogen and oxygen atoms in total. The van der Waals surface area contributed by atoms with Gasteiger partial charge in [0.1, 0.15) is 0 Å². The highest BCUT2D eigenvalue weighted by Crippen LogP contribution is 2.32. The number of aromatic hydroxyl groups is 2. The van der Waals surface area contributed by atoms with Gasteiger partial charge in [-0.2, -0.15) is 0 Å². The highest BCUT2D eigenvalue weighted by molar-refractivity contribution is 7.45. The number of phosphoric acid groups is 1. The molecule has 1 heterocycles. The quantitative estimate of drug-likeness (QED) is 0.261. The summed E-state index contributed by atoms with van der Waals surface area (Å²) in [5, 5.41) is 19.0. The Hall–Kier alpha value is -1.86. The molecule has 2 aromatic rings. The minimum Gasteiger partial charge on any atom is -0.504 e. The van der Waals surface area contributed by atoms with Gasteiger partial charge in [0.15, 0.2) is 11.3 Å². The number of benzene rings is 1. The smallest absolute Gasteiger partial charge is 0.466 e. The summed E-state index contributed by atoms with van der Waals surface area (Å²) in [6.45, 7) is 0. The highest BCUT2D eigenvalue weighted by atomic mass is 31.2. The van der Waals surface area contributed by atoms with Gasteiger partial charge in [-0.15, -0.1) is 0 Å². The van der Waals surface area contributed by atoms with Crippen molar-refractivity contribution >= 4 is 18.8 Å². The van der Waals surface area contributed by atoms with E-state index < -0.39 is 19.2 Å². The van der Waals surface area contributed by atoms with Gasteiger partial charge in [-0.3, -0.25) is 0 Å². The zero-order valence-corrected chi connectivity index (χ0v) is 9.61. The van der Waals surface area contributed by atoms with Crippen molar-refractivity contribution in [2.45, 2.75) is 0 Å². The number of hydrogen-bond acceptors (Lipinski definition) is 5. The van der Waals surface area contributed by atoms with Gasteiger partial charge in [0.2, 0.25) is 5.75 Å². The zero-order valence-electron chi connectivity index (χ0n) is 8.72. The molecule has 0 spiro atoms. The molecule has 1 aromatic carbocycles. The first-order chi connectivity index (χ1) is 8.18. The van der Waals surface area contributed by atoms with Crippen LogP contribution in [0.5, 0.6) is 11.5 Å². The van der Waals surface area contributed by atoms with Crippen LogP contribution in [0.25, 0.3) is 11.0 Å². The van der Waals surface area contributed by atoms with Gasteiger partial charge in [0.05, 0.1) is 0 Å². The Balaban J connectivity index is 0.000000280.